The SMILES string of the molecule is O=C(O)CCC(=O)NC(c1cccs1)C1CC(O)C1. The largest absolute Gasteiger partial charge is 0.481 e. The Bertz CT molecular complexity index is 440. The first-order valence-electron chi connectivity index (χ1n) is 6.29. The number of aliphatic hydroxyl groups excluding tert-OH is 1. The molecule has 5 nitrogen and oxygen atoms in total. The predicted molar refractivity (Wildman–Crippen MR) is 70.8 cm³/mol. The van der Waals surface area contributed by atoms with Crippen molar-refractivity contribution in [2.45, 2.75) is 37.8 Å². The van der Waals surface area contributed by atoms with Crippen LogP contribution in [0.4, 0.5) is 0 Å². The summed E-state index contributed by atoms with van der Waals surface area (Å²) in [4.78, 5) is 23.3. The fourth-order valence-electron chi connectivity index (χ4n) is 2.26. The number of hydrogen-bond acceptors (Lipinski definition) is 4. The predicted octanol–water partition coefficient (Wildman–Crippen LogP) is 1.54. The number of carboxylic acids is 1. The van der Waals surface area contributed by atoms with Gasteiger partial charge in [0.25, 0.3) is 0 Å². The number of hydrogen-bond donors (Lipinski definition) is 3. The van der Waals surface area contributed by atoms with Crippen molar-refractivity contribution >= 4 is 23.2 Å². The van der Waals surface area contributed by atoms with E-state index in [2.05, 4.69) is 5.32 Å². The third-order valence-electron chi connectivity index (χ3n) is 3.35. The van der Waals surface area contributed by atoms with E-state index >= 15 is 0 Å². The van der Waals surface area contributed by atoms with E-state index in [0.717, 1.165) is 4.88 Å². The number of rotatable bonds is 6. The molecule has 0 saturated heterocycles. The van der Waals surface area contributed by atoms with Crippen LogP contribution < -0.4 is 5.32 Å². The number of carbonyl (C=O) groups excluding carboxylic acids is 1. The third-order valence-corrected chi connectivity index (χ3v) is 4.31. The second-order valence-electron chi connectivity index (χ2n) is 4.84. The highest BCUT2D eigenvalue weighted by Gasteiger charge is 2.36. The van der Waals surface area contributed by atoms with E-state index in [-0.39, 0.29) is 36.8 Å². The molecular weight excluding hydrogens is 266 g/mol. The van der Waals surface area contributed by atoms with Gasteiger partial charge in [-0.3, -0.25) is 9.59 Å². The second-order valence-corrected chi connectivity index (χ2v) is 5.82. The highest BCUT2D eigenvalue weighted by atomic mass is 32.1. The van der Waals surface area contributed by atoms with Crippen LogP contribution in [-0.4, -0.2) is 28.2 Å². The number of nitrogens with one attached hydrogen (secondary N) is 1. The zero-order chi connectivity index (χ0) is 13.8. The Morgan fingerprint density at radius 2 is 2.16 bits per heavy atom. The molecule has 1 aliphatic carbocycles. The lowest BCUT2D eigenvalue weighted by atomic mass is 9.76. The monoisotopic (exact) mass is 283 g/mol. The molecule has 2 rings (SSSR count). The molecule has 1 fully saturated rings. The minimum atomic E-state index is -0.970. The average Bonchev–Trinajstić information content (AvgIpc) is 2.83. The molecule has 1 atom stereocenters. The summed E-state index contributed by atoms with van der Waals surface area (Å²) in [7, 11) is 0. The molecule has 1 amide bonds. The first-order chi connectivity index (χ1) is 9.06. The Morgan fingerprint density at radius 3 is 2.68 bits per heavy atom. The van der Waals surface area contributed by atoms with E-state index in [1.165, 1.54) is 0 Å². The number of aliphatic hydroxyl groups is 1. The van der Waals surface area contributed by atoms with Crippen molar-refractivity contribution in [2.24, 2.45) is 5.92 Å². The molecule has 1 unspecified atom stereocenters. The molecule has 0 aliphatic heterocycles. The molecule has 1 saturated carbocycles. The summed E-state index contributed by atoms with van der Waals surface area (Å²) in [5.41, 5.74) is 0. The van der Waals surface area contributed by atoms with Crippen LogP contribution in [0.1, 0.15) is 36.6 Å². The summed E-state index contributed by atoms with van der Waals surface area (Å²) in [6, 6.07) is 3.77. The number of amides is 1. The van der Waals surface area contributed by atoms with Crippen molar-refractivity contribution < 1.29 is 19.8 Å². The quantitative estimate of drug-likeness (QED) is 0.739. The maximum absolute atomic E-state index is 11.7. The zero-order valence-corrected chi connectivity index (χ0v) is 11.2. The molecule has 1 aliphatic rings. The topological polar surface area (TPSA) is 86.6 Å². The van der Waals surface area contributed by atoms with Crippen molar-refractivity contribution in [2.75, 3.05) is 0 Å². The lowest BCUT2D eigenvalue weighted by molar-refractivity contribution is -0.139. The molecule has 104 valence electrons. The third kappa shape index (κ3) is 3.78. The smallest absolute Gasteiger partial charge is 0.303 e. The standard InChI is InChI=1S/C13H17NO4S/c15-9-6-8(7-9)13(10-2-1-5-19-10)14-11(16)3-4-12(17)18/h1-2,5,8-9,13,15H,3-4,6-7H2,(H,14,16)(H,17,18). The molecule has 1 aromatic rings. The van der Waals surface area contributed by atoms with Crippen LogP contribution in [0.3, 0.4) is 0 Å². The maximum Gasteiger partial charge on any atom is 0.303 e. The zero-order valence-electron chi connectivity index (χ0n) is 10.4. The lowest BCUT2D eigenvalue weighted by Gasteiger charge is -2.37. The average molecular weight is 283 g/mol. The maximum atomic E-state index is 11.7. The molecule has 6 heteroatoms. The van der Waals surface area contributed by atoms with E-state index in [9.17, 15) is 14.7 Å². The summed E-state index contributed by atoms with van der Waals surface area (Å²) in [5, 5.41) is 22.8. The van der Waals surface area contributed by atoms with E-state index in [1.54, 1.807) is 11.3 Å². The number of carboxylic acid groups (broad SMARTS) is 1. The highest BCUT2D eigenvalue weighted by Crippen LogP contribution is 2.39. The minimum Gasteiger partial charge on any atom is -0.481 e. The van der Waals surface area contributed by atoms with Crippen molar-refractivity contribution in [1.29, 1.82) is 0 Å². The van der Waals surface area contributed by atoms with Crippen LogP contribution in [0, 0.1) is 5.92 Å². The second kappa shape index (κ2) is 6.16. The van der Waals surface area contributed by atoms with Crippen LogP contribution in [0.25, 0.3) is 0 Å². The van der Waals surface area contributed by atoms with Gasteiger partial charge in [0.05, 0.1) is 18.6 Å². The van der Waals surface area contributed by atoms with E-state index in [4.69, 9.17) is 5.11 Å². The Morgan fingerprint density at radius 1 is 1.42 bits per heavy atom. The molecule has 0 bridgehead atoms. The number of thiophene rings is 1. The van der Waals surface area contributed by atoms with Gasteiger partial charge in [0.1, 0.15) is 0 Å². The van der Waals surface area contributed by atoms with E-state index in [0.29, 0.717) is 12.8 Å². The molecule has 1 aromatic heterocycles. The van der Waals surface area contributed by atoms with Crippen LogP contribution in [-0.2, 0) is 9.59 Å². The Balaban J connectivity index is 1.94. The van der Waals surface area contributed by atoms with Gasteiger partial charge in [0.15, 0.2) is 0 Å². The summed E-state index contributed by atoms with van der Waals surface area (Å²) in [6.45, 7) is 0. The van der Waals surface area contributed by atoms with Crippen molar-refractivity contribution in [3.05, 3.63) is 22.4 Å². The van der Waals surface area contributed by atoms with Gasteiger partial charge in [0, 0.05) is 11.3 Å². The molecule has 19 heavy (non-hydrogen) atoms. The molecular formula is C13H17NO4S. The number of aliphatic carboxylic acids is 1. The summed E-state index contributed by atoms with van der Waals surface area (Å²) in [5.74, 6) is -0.980. The fraction of sp³-hybridized carbons (Fsp3) is 0.538. The van der Waals surface area contributed by atoms with Gasteiger partial charge in [0.2, 0.25) is 5.91 Å². The van der Waals surface area contributed by atoms with Gasteiger partial charge in [-0.15, -0.1) is 11.3 Å². The molecule has 1 heterocycles. The van der Waals surface area contributed by atoms with Crippen LogP contribution in [0.5, 0.6) is 0 Å². The Kier molecular flexibility index (Phi) is 4.55. The Labute approximate surface area is 115 Å². The van der Waals surface area contributed by atoms with Crippen molar-refractivity contribution in [3.8, 4) is 0 Å². The molecule has 0 radical (unpaired) electrons. The molecule has 3 N–H and O–H groups in total. The first-order valence-corrected chi connectivity index (χ1v) is 7.17. The lowest BCUT2D eigenvalue weighted by Crippen LogP contribution is -2.41. The Hall–Kier alpha value is -1.40. The minimum absolute atomic E-state index is 0.00746. The fourth-order valence-corrected chi connectivity index (χ4v) is 3.13. The summed E-state index contributed by atoms with van der Waals surface area (Å²) < 4.78 is 0. The molecule has 0 aromatic carbocycles. The summed E-state index contributed by atoms with van der Waals surface area (Å²) >= 11 is 1.56. The normalized spacial score (nSPS) is 23.4. The first kappa shape index (κ1) is 14.0. The van der Waals surface area contributed by atoms with Crippen LogP contribution in [0.2, 0.25) is 0 Å². The van der Waals surface area contributed by atoms with Crippen molar-refractivity contribution in [1.82, 2.24) is 5.32 Å². The summed E-state index contributed by atoms with van der Waals surface area (Å²) in [6.07, 6.45) is 0.926. The molecule has 0 spiro atoms. The van der Waals surface area contributed by atoms with Gasteiger partial charge in [-0.05, 0) is 30.2 Å². The van der Waals surface area contributed by atoms with Gasteiger partial charge >= 0.3 is 5.97 Å². The van der Waals surface area contributed by atoms with E-state index < -0.39 is 5.97 Å². The van der Waals surface area contributed by atoms with Crippen LogP contribution >= 0.6 is 11.3 Å². The van der Waals surface area contributed by atoms with Gasteiger partial charge in [-0.1, -0.05) is 6.07 Å². The van der Waals surface area contributed by atoms with Crippen LogP contribution in [0.15, 0.2) is 17.5 Å². The van der Waals surface area contributed by atoms with Gasteiger partial charge in [-0.25, -0.2) is 0 Å². The van der Waals surface area contributed by atoms with E-state index in [1.807, 2.05) is 17.5 Å². The van der Waals surface area contributed by atoms with Gasteiger partial charge < -0.3 is 15.5 Å². The highest BCUT2D eigenvalue weighted by molar-refractivity contribution is 7.10. The van der Waals surface area contributed by atoms with Gasteiger partial charge in [-0.2, -0.15) is 0 Å². The number of carbonyl (C=O) groups is 2. The van der Waals surface area contributed by atoms with Crippen molar-refractivity contribution in [3.63, 3.8) is 0 Å².